The fourth-order valence-corrected chi connectivity index (χ4v) is 2.23. The minimum Gasteiger partial charge on any atom is -0.282 e. The van der Waals surface area contributed by atoms with Crippen LogP contribution < -0.4 is 0 Å². The lowest BCUT2D eigenvalue weighted by atomic mass is 10.1. The molecule has 0 aliphatic carbocycles. The van der Waals surface area contributed by atoms with Crippen LogP contribution in [0.15, 0.2) is 29.2 Å². The number of rotatable bonds is 5. The van der Waals surface area contributed by atoms with Gasteiger partial charge in [-0.15, -0.1) is 0 Å². The molecular formula is C13H18O3S. The third kappa shape index (κ3) is 4.32. The monoisotopic (exact) mass is 254 g/mol. The maximum Gasteiger partial charge on any atom is 0.295 e. The minimum absolute atomic E-state index is 0.0316. The molecule has 3 nitrogen and oxygen atoms in total. The van der Waals surface area contributed by atoms with Crippen molar-refractivity contribution in [3.05, 3.63) is 35.4 Å². The minimum atomic E-state index is -4.14. The Balaban J connectivity index is 3.04. The van der Waals surface area contributed by atoms with Crippen LogP contribution in [0.5, 0.6) is 0 Å². The standard InChI is InChI=1S/C13H18O3S/c1-3-4-5-6-7-12-10-11(2)8-9-13(12)17(14,15)16/h6-10H,3-5H2,1-2H3,(H,14,15,16). The molecule has 0 spiro atoms. The van der Waals surface area contributed by atoms with Gasteiger partial charge in [0.15, 0.2) is 0 Å². The molecule has 1 N–H and O–H groups in total. The van der Waals surface area contributed by atoms with E-state index in [-0.39, 0.29) is 4.90 Å². The van der Waals surface area contributed by atoms with E-state index in [9.17, 15) is 8.42 Å². The van der Waals surface area contributed by atoms with Crippen LogP contribution in [0.25, 0.3) is 6.08 Å². The third-order valence-corrected chi connectivity index (χ3v) is 3.39. The smallest absolute Gasteiger partial charge is 0.282 e. The summed E-state index contributed by atoms with van der Waals surface area (Å²) in [4.78, 5) is -0.0316. The Bertz CT molecular complexity index is 501. The molecule has 0 aliphatic heterocycles. The van der Waals surface area contributed by atoms with Crippen molar-refractivity contribution in [2.75, 3.05) is 0 Å². The summed E-state index contributed by atoms with van der Waals surface area (Å²) in [5, 5.41) is 0. The molecule has 0 atom stereocenters. The van der Waals surface area contributed by atoms with Crippen LogP contribution in [0.3, 0.4) is 0 Å². The van der Waals surface area contributed by atoms with E-state index in [0.717, 1.165) is 24.8 Å². The zero-order chi connectivity index (χ0) is 12.9. The molecule has 0 aliphatic rings. The number of aryl methyl sites for hydroxylation is 1. The lowest BCUT2D eigenvalue weighted by Crippen LogP contribution is -2.00. The molecule has 17 heavy (non-hydrogen) atoms. The van der Waals surface area contributed by atoms with Gasteiger partial charge in [-0.3, -0.25) is 4.55 Å². The van der Waals surface area contributed by atoms with Gasteiger partial charge in [0.2, 0.25) is 0 Å². The molecular weight excluding hydrogens is 236 g/mol. The first-order valence-corrected chi connectivity index (χ1v) is 7.14. The van der Waals surface area contributed by atoms with Gasteiger partial charge in [0.25, 0.3) is 10.1 Å². The van der Waals surface area contributed by atoms with Crippen molar-refractivity contribution in [1.82, 2.24) is 0 Å². The topological polar surface area (TPSA) is 54.4 Å². The summed E-state index contributed by atoms with van der Waals surface area (Å²) in [7, 11) is -4.14. The van der Waals surface area contributed by atoms with E-state index in [4.69, 9.17) is 4.55 Å². The summed E-state index contributed by atoms with van der Waals surface area (Å²) in [5.41, 5.74) is 1.51. The van der Waals surface area contributed by atoms with Gasteiger partial charge in [-0.05, 0) is 25.0 Å². The number of unbranched alkanes of at least 4 members (excludes halogenated alkanes) is 2. The molecule has 1 aromatic carbocycles. The highest BCUT2D eigenvalue weighted by Crippen LogP contribution is 2.19. The lowest BCUT2D eigenvalue weighted by molar-refractivity contribution is 0.483. The van der Waals surface area contributed by atoms with E-state index in [1.54, 1.807) is 18.2 Å². The van der Waals surface area contributed by atoms with Crippen LogP contribution in [0, 0.1) is 6.92 Å². The Morgan fingerprint density at radius 1 is 1.35 bits per heavy atom. The van der Waals surface area contributed by atoms with E-state index in [1.165, 1.54) is 6.07 Å². The van der Waals surface area contributed by atoms with Crippen molar-refractivity contribution in [3.63, 3.8) is 0 Å². The van der Waals surface area contributed by atoms with Crippen LogP contribution in [-0.4, -0.2) is 13.0 Å². The van der Waals surface area contributed by atoms with Crippen LogP contribution >= 0.6 is 0 Å². The largest absolute Gasteiger partial charge is 0.295 e. The predicted molar refractivity (Wildman–Crippen MR) is 69.6 cm³/mol. The van der Waals surface area contributed by atoms with Crippen LogP contribution in [0.4, 0.5) is 0 Å². The zero-order valence-electron chi connectivity index (χ0n) is 10.2. The van der Waals surface area contributed by atoms with E-state index < -0.39 is 10.1 Å². The Kier molecular flexibility index (Phi) is 4.90. The summed E-state index contributed by atoms with van der Waals surface area (Å²) < 4.78 is 31.5. The van der Waals surface area contributed by atoms with Gasteiger partial charge in [0.1, 0.15) is 4.90 Å². The van der Waals surface area contributed by atoms with Gasteiger partial charge in [-0.25, -0.2) is 0 Å². The molecule has 0 saturated carbocycles. The molecule has 1 aromatic rings. The highest BCUT2D eigenvalue weighted by Gasteiger charge is 2.13. The van der Waals surface area contributed by atoms with E-state index in [2.05, 4.69) is 6.92 Å². The van der Waals surface area contributed by atoms with Crippen LogP contribution in [0.1, 0.15) is 37.3 Å². The van der Waals surface area contributed by atoms with Gasteiger partial charge < -0.3 is 0 Å². The molecule has 0 radical (unpaired) electrons. The molecule has 0 heterocycles. The summed E-state index contributed by atoms with van der Waals surface area (Å²) in [6.45, 7) is 3.99. The van der Waals surface area contributed by atoms with Crippen molar-refractivity contribution in [2.45, 2.75) is 38.0 Å². The summed E-state index contributed by atoms with van der Waals surface area (Å²) in [6, 6.07) is 4.86. The first kappa shape index (κ1) is 13.9. The number of allylic oxidation sites excluding steroid dienone is 1. The number of hydrogen-bond acceptors (Lipinski definition) is 2. The van der Waals surface area contributed by atoms with Crippen molar-refractivity contribution in [3.8, 4) is 0 Å². The highest BCUT2D eigenvalue weighted by molar-refractivity contribution is 7.85. The highest BCUT2D eigenvalue weighted by atomic mass is 32.2. The first-order valence-electron chi connectivity index (χ1n) is 5.70. The van der Waals surface area contributed by atoms with Crippen LogP contribution in [0.2, 0.25) is 0 Å². The maximum atomic E-state index is 11.2. The molecule has 4 heteroatoms. The van der Waals surface area contributed by atoms with Crippen molar-refractivity contribution < 1.29 is 13.0 Å². The van der Waals surface area contributed by atoms with Gasteiger partial charge in [-0.2, -0.15) is 8.42 Å². The lowest BCUT2D eigenvalue weighted by Gasteiger charge is -2.04. The Hall–Kier alpha value is -1.13. The second-order valence-electron chi connectivity index (χ2n) is 4.06. The predicted octanol–water partition coefficient (Wildman–Crippen LogP) is 3.45. The van der Waals surface area contributed by atoms with Gasteiger partial charge in [0, 0.05) is 0 Å². The zero-order valence-corrected chi connectivity index (χ0v) is 11.0. The van der Waals surface area contributed by atoms with Crippen molar-refractivity contribution >= 4 is 16.2 Å². The fraction of sp³-hybridized carbons (Fsp3) is 0.385. The Morgan fingerprint density at radius 2 is 2.06 bits per heavy atom. The summed E-state index contributed by atoms with van der Waals surface area (Å²) >= 11 is 0. The normalized spacial score (nSPS) is 12.2. The van der Waals surface area contributed by atoms with Crippen molar-refractivity contribution in [1.29, 1.82) is 0 Å². The number of hydrogen-bond donors (Lipinski definition) is 1. The summed E-state index contributed by atoms with van der Waals surface area (Å²) in [5.74, 6) is 0. The van der Waals surface area contributed by atoms with E-state index in [1.807, 2.05) is 13.0 Å². The van der Waals surface area contributed by atoms with E-state index in [0.29, 0.717) is 5.56 Å². The van der Waals surface area contributed by atoms with Gasteiger partial charge in [-0.1, -0.05) is 49.6 Å². The molecule has 0 amide bonds. The summed E-state index contributed by atoms with van der Waals surface area (Å²) in [6.07, 6.45) is 6.78. The quantitative estimate of drug-likeness (QED) is 0.647. The SMILES string of the molecule is CCCCC=Cc1cc(C)ccc1S(=O)(=O)O. The molecule has 1 rings (SSSR count). The molecule has 0 saturated heterocycles. The van der Waals surface area contributed by atoms with Gasteiger partial charge in [0.05, 0.1) is 0 Å². The Morgan fingerprint density at radius 3 is 2.65 bits per heavy atom. The average molecular weight is 254 g/mol. The molecule has 0 bridgehead atoms. The Labute approximate surface area is 103 Å². The maximum absolute atomic E-state index is 11.2. The first-order chi connectivity index (χ1) is 7.95. The molecule has 94 valence electrons. The number of benzene rings is 1. The fourth-order valence-electron chi connectivity index (χ4n) is 1.57. The van der Waals surface area contributed by atoms with E-state index >= 15 is 0 Å². The average Bonchev–Trinajstić information content (AvgIpc) is 2.23. The second-order valence-corrected chi connectivity index (χ2v) is 5.45. The van der Waals surface area contributed by atoms with Crippen LogP contribution in [-0.2, 0) is 10.1 Å². The molecule has 0 aromatic heterocycles. The molecule has 0 unspecified atom stereocenters. The second kappa shape index (κ2) is 5.98. The third-order valence-electron chi connectivity index (χ3n) is 2.46. The van der Waals surface area contributed by atoms with Gasteiger partial charge >= 0.3 is 0 Å². The van der Waals surface area contributed by atoms with Crippen molar-refractivity contribution in [2.24, 2.45) is 0 Å². The molecule has 0 fully saturated rings.